The molecule has 30 heavy (non-hydrogen) atoms. The van der Waals surface area contributed by atoms with Gasteiger partial charge in [0.15, 0.2) is 0 Å². The van der Waals surface area contributed by atoms with E-state index >= 15 is 0 Å². The van der Waals surface area contributed by atoms with Crippen molar-refractivity contribution in [2.75, 3.05) is 38.7 Å². The van der Waals surface area contributed by atoms with E-state index in [1.807, 2.05) is 36.4 Å². The molecule has 0 spiro atoms. The van der Waals surface area contributed by atoms with Gasteiger partial charge in [-0.2, -0.15) is 0 Å². The van der Waals surface area contributed by atoms with Gasteiger partial charge in [0.2, 0.25) is 5.91 Å². The average Bonchev–Trinajstić information content (AvgIpc) is 2.84. The number of carbonyl (C=O) groups excluding carboxylic acids is 3. The maximum absolute atomic E-state index is 12.6. The van der Waals surface area contributed by atoms with Gasteiger partial charge >= 0.3 is 6.09 Å². The number of hydrogen-bond acceptors (Lipinski definition) is 4. The molecule has 0 fully saturated rings. The van der Waals surface area contributed by atoms with Crippen molar-refractivity contribution >= 4 is 23.6 Å². The van der Waals surface area contributed by atoms with Gasteiger partial charge in [-0.25, -0.2) is 4.79 Å². The molecule has 3 rings (SSSR count). The molecule has 2 aromatic carbocycles. The van der Waals surface area contributed by atoms with Crippen molar-refractivity contribution in [3.05, 3.63) is 65.7 Å². The highest BCUT2D eigenvalue weighted by atomic mass is 16.6. The zero-order valence-corrected chi connectivity index (χ0v) is 17.4. The maximum atomic E-state index is 12.6. The van der Waals surface area contributed by atoms with Crippen LogP contribution in [0.1, 0.15) is 28.8 Å². The molecule has 0 aromatic heterocycles. The minimum absolute atomic E-state index is 0.0484. The van der Waals surface area contributed by atoms with Gasteiger partial charge in [-0.3, -0.25) is 9.59 Å². The van der Waals surface area contributed by atoms with E-state index in [1.54, 1.807) is 37.2 Å². The fourth-order valence-corrected chi connectivity index (χ4v) is 3.40. The van der Waals surface area contributed by atoms with E-state index in [-0.39, 0.29) is 31.1 Å². The summed E-state index contributed by atoms with van der Waals surface area (Å²) in [6.45, 7) is 1.28. The van der Waals surface area contributed by atoms with Gasteiger partial charge in [0, 0.05) is 27.2 Å². The van der Waals surface area contributed by atoms with E-state index in [9.17, 15) is 14.4 Å². The number of para-hydroxylation sites is 1. The molecule has 0 saturated carbocycles. The van der Waals surface area contributed by atoms with Crippen LogP contribution in [0.25, 0.3) is 0 Å². The van der Waals surface area contributed by atoms with Crippen molar-refractivity contribution in [1.82, 2.24) is 9.80 Å². The third-order valence-electron chi connectivity index (χ3n) is 5.02. The van der Waals surface area contributed by atoms with E-state index in [4.69, 9.17) is 4.74 Å². The molecule has 0 aliphatic carbocycles. The topological polar surface area (TPSA) is 70.2 Å². The fraction of sp³-hybridized carbons (Fsp3) is 0.348. The molecule has 2 aromatic rings. The number of anilines is 1. The van der Waals surface area contributed by atoms with Crippen LogP contribution >= 0.6 is 0 Å². The summed E-state index contributed by atoms with van der Waals surface area (Å²) in [6.07, 6.45) is 0.913. The SMILES string of the molecule is CN(Cc1ccccc1)C(=O)OCCCCN1C(=O)CN(C)C(=O)c2ccccc21. The minimum Gasteiger partial charge on any atom is -0.449 e. The summed E-state index contributed by atoms with van der Waals surface area (Å²) in [4.78, 5) is 41.8. The van der Waals surface area contributed by atoms with Crippen LogP contribution in [0.5, 0.6) is 0 Å². The largest absolute Gasteiger partial charge is 0.449 e. The summed E-state index contributed by atoms with van der Waals surface area (Å²) in [7, 11) is 3.33. The Morgan fingerprint density at radius 2 is 1.73 bits per heavy atom. The quantitative estimate of drug-likeness (QED) is 0.659. The molecule has 7 nitrogen and oxygen atoms in total. The predicted molar refractivity (Wildman–Crippen MR) is 114 cm³/mol. The second-order valence-electron chi connectivity index (χ2n) is 7.39. The maximum Gasteiger partial charge on any atom is 0.409 e. The highest BCUT2D eigenvalue weighted by Gasteiger charge is 2.28. The lowest BCUT2D eigenvalue weighted by molar-refractivity contribution is -0.119. The summed E-state index contributed by atoms with van der Waals surface area (Å²) < 4.78 is 5.34. The van der Waals surface area contributed by atoms with Gasteiger partial charge in [-0.05, 0) is 30.5 Å². The number of ether oxygens (including phenoxy) is 1. The Hall–Kier alpha value is -3.35. The van der Waals surface area contributed by atoms with Crippen LogP contribution in [-0.4, -0.2) is 61.5 Å². The second-order valence-corrected chi connectivity index (χ2v) is 7.39. The van der Waals surface area contributed by atoms with Gasteiger partial charge < -0.3 is 19.4 Å². The number of carbonyl (C=O) groups is 3. The monoisotopic (exact) mass is 409 g/mol. The molecule has 158 valence electrons. The normalized spacial score (nSPS) is 13.7. The van der Waals surface area contributed by atoms with Crippen molar-refractivity contribution in [3.63, 3.8) is 0 Å². The van der Waals surface area contributed by atoms with Crippen LogP contribution in [0.15, 0.2) is 54.6 Å². The lowest BCUT2D eigenvalue weighted by Crippen LogP contribution is -2.38. The predicted octanol–water partition coefficient (Wildman–Crippen LogP) is 3.15. The molecule has 1 aliphatic heterocycles. The molecule has 0 N–H and O–H groups in total. The number of nitrogens with zero attached hydrogens (tertiary/aromatic N) is 3. The second kappa shape index (κ2) is 9.91. The van der Waals surface area contributed by atoms with Gasteiger partial charge in [0.05, 0.1) is 17.9 Å². The van der Waals surface area contributed by atoms with E-state index in [0.29, 0.717) is 37.2 Å². The average molecular weight is 409 g/mol. The number of rotatable bonds is 7. The number of benzene rings is 2. The molecular formula is C23H27N3O4. The van der Waals surface area contributed by atoms with Crippen LogP contribution < -0.4 is 4.90 Å². The van der Waals surface area contributed by atoms with Crippen LogP contribution in [0.2, 0.25) is 0 Å². The smallest absolute Gasteiger partial charge is 0.409 e. The van der Waals surface area contributed by atoms with Gasteiger partial charge in [-0.15, -0.1) is 0 Å². The molecule has 1 heterocycles. The van der Waals surface area contributed by atoms with Gasteiger partial charge in [-0.1, -0.05) is 42.5 Å². The van der Waals surface area contributed by atoms with E-state index in [1.165, 1.54) is 9.80 Å². The zero-order valence-electron chi connectivity index (χ0n) is 17.4. The number of fused-ring (bicyclic) bond motifs is 1. The third kappa shape index (κ3) is 5.17. The van der Waals surface area contributed by atoms with E-state index in [2.05, 4.69) is 0 Å². The Kier molecular flexibility index (Phi) is 7.06. The van der Waals surface area contributed by atoms with E-state index in [0.717, 1.165) is 5.56 Å². The summed E-state index contributed by atoms with van der Waals surface area (Å²) >= 11 is 0. The lowest BCUT2D eigenvalue weighted by atomic mass is 10.1. The number of likely N-dealkylation sites (N-methyl/N-ethyl adjacent to an activating group) is 1. The van der Waals surface area contributed by atoms with Crippen molar-refractivity contribution < 1.29 is 19.1 Å². The highest BCUT2D eigenvalue weighted by molar-refractivity contribution is 6.09. The Morgan fingerprint density at radius 3 is 2.50 bits per heavy atom. The Bertz CT molecular complexity index is 900. The summed E-state index contributed by atoms with van der Waals surface area (Å²) in [5.41, 5.74) is 2.20. The summed E-state index contributed by atoms with van der Waals surface area (Å²) in [6, 6.07) is 16.9. The number of amides is 3. The van der Waals surface area contributed by atoms with E-state index < -0.39 is 0 Å². The molecule has 0 atom stereocenters. The van der Waals surface area contributed by atoms with Gasteiger partial charge in [0.25, 0.3) is 5.91 Å². The highest BCUT2D eigenvalue weighted by Crippen LogP contribution is 2.25. The van der Waals surface area contributed by atoms with Crippen molar-refractivity contribution in [2.45, 2.75) is 19.4 Å². The summed E-state index contributed by atoms with van der Waals surface area (Å²) in [5.74, 6) is -0.271. The van der Waals surface area contributed by atoms with Gasteiger partial charge in [0.1, 0.15) is 6.54 Å². The molecule has 0 saturated heterocycles. The molecule has 0 bridgehead atoms. The fourth-order valence-electron chi connectivity index (χ4n) is 3.40. The zero-order chi connectivity index (χ0) is 21.5. The first kappa shape index (κ1) is 21.4. The van der Waals surface area contributed by atoms with Crippen LogP contribution in [0, 0.1) is 0 Å². The Balaban J connectivity index is 1.48. The van der Waals surface area contributed by atoms with Crippen molar-refractivity contribution in [2.24, 2.45) is 0 Å². The Labute approximate surface area is 176 Å². The van der Waals surface area contributed by atoms with Crippen LogP contribution in [0.4, 0.5) is 10.5 Å². The Morgan fingerprint density at radius 1 is 1.03 bits per heavy atom. The third-order valence-corrected chi connectivity index (χ3v) is 5.02. The lowest BCUT2D eigenvalue weighted by Gasteiger charge is -2.22. The first-order chi connectivity index (χ1) is 14.5. The molecule has 3 amide bonds. The van der Waals surface area contributed by atoms with Crippen LogP contribution in [0.3, 0.4) is 0 Å². The number of hydrogen-bond donors (Lipinski definition) is 0. The van der Waals surface area contributed by atoms with Crippen molar-refractivity contribution in [1.29, 1.82) is 0 Å². The molecule has 1 aliphatic rings. The molecule has 0 radical (unpaired) electrons. The molecular weight excluding hydrogens is 382 g/mol. The molecule has 0 unspecified atom stereocenters. The molecule has 7 heteroatoms. The standard InChI is InChI=1S/C23H27N3O4/c1-24-17-21(27)26(20-13-7-6-12-19(20)22(24)28)14-8-9-15-30-23(29)25(2)16-18-10-4-3-5-11-18/h3-7,10-13H,8-9,14-17H2,1-2H3. The number of unbranched alkanes of at least 4 members (excludes halogenated alkanes) is 1. The first-order valence-corrected chi connectivity index (χ1v) is 10.0. The minimum atomic E-state index is -0.373. The first-order valence-electron chi connectivity index (χ1n) is 10.0. The van der Waals surface area contributed by atoms with Crippen LogP contribution in [-0.2, 0) is 16.1 Å². The summed E-state index contributed by atoms with van der Waals surface area (Å²) in [5, 5.41) is 0. The van der Waals surface area contributed by atoms with Crippen molar-refractivity contribution in [3.8, 4) is 0 Å².